The second-order valence-corrected chi connectivity index (χ2v) is 8.41. The van der Waals surface area contributed by atoms with Gasteiger partial charge in [0.25, 0.3) is 0 Å². The van der Waals surface area contributed by atoms with Gasteiger partial charge in [-0.05, 0) is 26.8 Å². The second-order valence-electron chi connectivity index (χ2n) is 7.55. The Labute approximate surface area is 175 Å². The van der Waals surface area contributed by atoms with Crippen molar-refractivity contribution in [2.75, 3.05) is 11.9 Å². The number of nitrogens with zero attached hydrogens (tertiary/aromatic N) is 4. The molecule has 4 rings (SSSR count). The van der Waals surface area contributed by atoms with E-state index in [9.17, 15) is 9.59 Å². The highest BCUT2D eigenvalue weighted by atomic mass is 32.1. The van der Waals surface area contributed by atoms with Crippen LogP contribution in [0.4, 0.5) is 10.8 Å². The van der Waals surface area contributed by atoms with Gasteiger partial charge in [0.2, 0.25) is 11.6 Å². The number of anilines is 1. The topological polar surface area (TPSA) is 114 Å². The van der Waals surface area contributed by atoms with Crippen molar-refractivity contribution in [3.63, 3.8) is 0 Å². The number of amides is 1. The molecule has 9 nitrogen and oxygen atoms in total. The molecular weight excluding hydrogens is 406 g/mol. The van der Waals surface area contributed by atoms with Gasteiger partial charge in [-0.1, -0.05) is 23.4 Å². The molecular formula is C20H19N5O4S. The van der Waals surface area contributed by atoms with E-state index in [0.717, 1.165) is 15.8 Å². The number of carbonyl (C=O) groups excluding carboxylic acids is 2. The Balaban J connectivity index is 1.55. The van der Waals surface area contributed by atoms with E-state index in [1.54, 1.807) is 32.3 Å². The summed E-state index contributed by atoms with van der Waals surface area (Å²) >= 11 is 1.19. The summed E-state index contributed by atoms with van der Waals surface area (Å²) in [5.74, 6) is -0.0204. The van der Waals surface area contributed by atoms with Gasteiger partial charge < -0.3 is 14.2 Å². The predicted octanol–water partition coefficient (Wildman–Crippen LogP) is 4.28. The molecule has 0 aliphatic carbocycles. The van der Waals surface area contributed by atoms with Crippen LogP contribution in [0.3, 0.4) is 0 Å². The third kappa shape index (κ3) is 3.81. The molecule has 0 saturated carbocycles. The lowest BCUT2D eigenvalue weighted by molar-refractivity contribution is 0.0580. The van der Waals surface area contributed by atoms with Crippen LogP contribution in [0.2, 0.25) is 0 Å². The first-order chi connectivity index (χ1) is 14.2. The Morgan fingerprint density at radius 3 is 2.73 bits per heavy atom. The molecule has 1 aromatic carbocycles. The molecule has 1 amide bonds. The smallest absolute Gasteiger partial charge is 0.418 e. The third-order valence-corrected chi connectivity index (χ3v) is 4.97. The summed E-state index contributed by atoms with van der Waals surface area (Å²) in [5.41, 5.74) is 1.16. The number of thiazole rings is 1. The van der Waals surface area contributed by atoms with Crippen LogP contribution in [-0.2, 0) is 4.74 Å². The van der Waals surface area contributed by atoms with Crippen molar-refractivity contribution >= 4 is 40.1 Å². The number of para-hydroxylation sites is 1. The lowest BCUT2D eigenvalue weighted by atomic mass is 10.1. The first-order valence-corrected chi connectivity index (χ1v) is 9.98. The molecule has 0 saturated heterocycles. The summed E-state index contributed by atoms with van der Waals surface area (Å²) in [6.07, 6.45) is 1.06. The fourth-order valence-electron chi connectivity index (χ4n) is 2.72. The second kappa shape index (κ2) is 7.38. The largest absolute Gasteiger partial charge is 0.443 e. The summed E-state index contributed by atoms with van der Waals surface area (Å²) in [6.45, 7) is 5.29. The summed E-state index contributed by atoms with van der Waals surface area (Å²) in [6, 6.07) is 7.53. The quantitative estimate of drug-likeness (QED) is 0.485. The van der Waals surface area contributed by atoms with E-state index >= 15 is 0 Å². The van der Waals surface area contributed by atoms with Gasteiger partial charge in [-0.2, -0.15) is 4.98 Å². The van der Waals surface area contributed by atoms with E-state index in [4.69, 9.17) is 9.26 Å². The van der Waals surface area contributed by atoms with Crippen LogP contribution < -0.4 is 4.90 Å². The van der Waals surface area contributed by atoms with Crippen molar-refractivity contribution in [2.45, 2.75) is 26.4 Å². The number of benzene rings is 1. The van der Waals surface area contributed by atoms with Crippen molar-refractivity contribution in [1.82, 2.24) is 20.1 Å². The Kier molecular flexibility index (Phi) is 4.86. The fraction of sp³-hybridized carbons (Fsp3) is 0.250. The Bertz CT molecular complexity index is 1230. The third-order valence-electron chi connectivity index (χ3n) is 4.13. The van der Waals surface area contributed by atoms with Gasteiger partial charge in [0.15, 0.2) is 5.01 Å². The van der Waals surface area contributed by atoms with Gasteiger partial charge in [0.1, 0.15) is 11.3 Å². The number of ketones is 1. The molecule has 0 aliphatic heterocycles. The van der Waals surface area contributed by atoms with Crippen molar-refractivity contribution in [1.29, 1.82) is 0 Å². The highest BCUT2D eigenvalue weighted by Crippen LogP contribution is 2.26. The van der Waals surface area contributed by atoms with E-state index in [2.05, 4.69) is 20.1 Å². The van der Waals surface area contributed by atoms with Crippen molar-refractivity contribution in [3.8, 4) is 11.5 Å². The molecule has 0 aliphatic rings. The number of fused-ring (bicyclic) bond motifs is 1. The van der Waals surface area contributed by atoms with Gasteiger partial charge in [-0.25, -0.2) is 14.7 Å². The van der Waals surface area contributed by atoms with Crippen LogP contribution in [0.25, 0.3) is 22.4 Å². The number of ether oxygens (including phenoxy) is 1. The minimum atomic E-state index is -0.652. The van der Waals surface area contributed by atoms with E-state index in [0.29, 0.717) is 16.3 Å². The number of carbonyl (C=O) groups is 2. The Hall–Kier alpha value is -3.53. The number of aromatic amines is 1. The molecule has 4 aromatic rings. The average molecular weight is 425 g/mol. The molecule has 0 fully saturated rings. The maximum Gasteiger partial charge on any atom is 0.418 e. The standard InChI is InChI=1S/C20H19N5O4S/c1-20(2,3)28-19(27)25(4)18-23-16(24-29-18)14-10-30-17(22-14)15(26)12-9-21-13-8-6-5-7-11(12)13/h5-10,21H,1-4H3. The zero-order chi connectivity index (χ0) is 21.5. The number of hydrogen-bond donors (Lipinski definition) is 1. The normalized spacial score (nSPS) is 11.6. The van der Waals surface area contributed by atoms with E-state index in [1.165, 1.54) is 18.4 Å². The van der Waals surface area contributed by atoms with Crippen molar-refractivity contribution in [2.24, 2.45) is 0 Å². The van der Waals surface area contributed by atoms with Crippen molar-refractivity contribution in [3.05, 3.63) is 46.4 Å². The van der Waals surface area contributed by atoms with Gasteiger partial charge in [-0.15, -0.1) is 11.3 Å². The van der Waals surface area contributed by atoms with Crippen LogP contribution >= 0.6 is 11.3 Å². The summed E-state index contributed by atoms with van der Waals surface area (Å²) < 4.78 is 10.4. The Morgan fingerprint density at radius 1 is 1.20 bits per heavy atom. The predicted molar refractivity (Wildman–Crippen MR) is 112 cm³/mol. The molecule has 1 N–H and O–H groups in total. The van der Waals surface area contributed by atoms with Gasteiger partial charge in [0, 0.05) is 29.5 Å². The highest BCUT2D eigenvalue weighted by Gasteiger charge is 2.25. The minimum Gasteiger partial charge on any atom is -0.443 e. The van der Waals surface area contributed by atoms with Crippen molar-refractivity contribution < 1.29 is 18.8 Å². The van der Waals surface area contributed by atoms with E-state index < -0.39 is 11.7 Å². The molecule has 3 heterocycles. The van der Waals surface area contributed by atoms with Gasteiger partial charge in [-0.3, -0.25) is 4.79 Å². The van der Waals surface area contributed by atoms with Crippen LogP contribution in [0.5, 0.6) is 0 Å². The maximum atomic E-state index is 12.9. The summed E-state index contributed by atoms with van der Waals surface area (Å²) in [7, 11) is 1.47. The van der Waals surface area contributed by atoms with Crippen LogP contribution in [-0.4, -0.2) is 44.6 Å². The zero-order valence-corrected chi connectivity index (χ0v) is 17.6. The first-order valence-electron chi connectivity index (χ1n) is 9.10. The van der Waals surface area contributed by atoms with Gasteiger partial charge >= 0.3 is 12.1 Å². The van der Waals surface area contributed by atoms with Crippen LogP contribution in [0.15, 0.2) is 40.4 Å². The molecule has 30 heavy (non-hydrogen) atoms. The SMILES string of the molecule is CN(C(=O)OC(C)(C)C)c1nc(-c2csc(C(=O)c3c[nH]c4ccccc34)n2)no1. The van der Waals surface area contributed by atoms with Gasteiger partial charge in [0.05, 0.1) is 5.56 Å². The lowest BCUT2D eigenvalue weighted by Crippen LogP contribution is -2.34. The lowest BCUT2D eigenvalue weighted by Gasteiger charge is -2.22. The zero-order valence-electron chi connectivity index (χ0n) is 16.8. The molecule has 3 aromatic heterocycles. The number of rotatable bonds is 4. The van der Waals surface area contributed by atoms with Crippen LogP contribution in [0.1, 0.15) is 36.1 Å². The number of nitrogens with one attached hydrogen (secondary N) is 1. The number of aromatic nitrogens is 4. The summed E-state index contributed by atoms with van der Waals surface area (Å²) in [5, 5.41) is 6.67. The molecule has 0 atom stereocenters. The Morgan fingerprint density at radius 2 is 1.97 bits per heavy atom. The molecule has 154 valence electrons. The molecule has 0 bridgehead atoms. The molecule has 0 spiro atoms. The monoisotopic (exact) mass is 425 g/mol. The van der Waals surface area contributed by atoms with Crippen LogP contribution in [0, 0.1) is 0 Å². The first kappa shape index (κ1) is 19.8. The summed E-state index contributed by atoms with van der Waals surface area (Å²) in [4.78, 5) is 37.8. The average Bonchev–Trinajstić information content (AvgIpc) is 3.44. The molecule has 10 heteroatoms. The van der Waals surface area contributed by atoms with E-state index in [-0.39, 0.29) is 17.6 Å². The number of hydrogen-bond acceptors (Lipinski definition) is 8. The maximum absolute atomic E-state index is 12.9. The fourth-order valence-corrected chi connectivity index (χ4v) is 3.47. The van der Waals surface area contributed by atoms with E-state index in [1.807, 2.05) is 24.3 Å². The molecule has 0 unspecified atom stereocenters. The number of H-pyrrole nitrogens is 1. The minimum absolute atomic E-state index is 0.0308. The molecule has 0 radical (unpaired) electrons. The highest BCUT2D eigenvalue weighted by molar-refractivity contribution is 7.12.